The number of nitrogens with zero attached hydrogens (tertiary/aromatic N) is 1. The highest BCUT2D eigenvalue weighted by Crippen LogP contribution is 2.22. The van der Waals surface area contributed by atoms with Crippen LogP contribution in [0.4, 0.5) is 5.69 Å². The maximum atomic E-state index is 12.5. The van der Waals surface area contributed by atoms with E-state index >= 15 is 0 Å². The van der Waals surface area contributed by atoms with Crippen molar-refractivity contribution in [1.29, 1.82) is 0 Å². The molecule has 2 aromatic rings. The van der Waals surface area contributed by atoms with E-state index in [9.17, 15) is 9.59 Å². The molecule has 0 saturated carbocycles. The largest absolute Gasteiger partial charge is 0.333 e. The van der Waals surface area contributed by atoms with E-state index in [0.717, 1.165) is 9.78 Å². The molecule has 1 heterocycles. The first kappa shape index (κ1) is 20.7. The van der Waals surface area contributed by atoms with Crippen LogP contribution in [0.25, 0.3) is 0 Å². The molecule has 0 spiro atoms. The molecule has 140 valence electrons. The van der Waals surface area contributed by atoms with Gasteiger partial charge in [0.15, 0.2) is 13.1 Å². The normalized spacial score (nSPS) is 11.8. The van der Waals surface area contributed by atoms with E-state index in [1.807, 2.05) is 26.1 Å². The highest BCUT2D eigenvalue weighted by atomic mass is 35.5. The molecule has 1 aromatic carbocycles. The van der Waals surface area contributed by atoms with Gasteiger partial charge in [0.05, 0.1) is 17.9 Å². The molecule has 26 heavy (non-hydrogen) atoms. The number of nitrogens with one attached hydrogen (secondary N) is 2. The highest BCUT2D eigenvalue weighted by Gasteiger charge is 2.19. The van der Waals surface area contributed by atoms with Crippen LogP contribution < -0.4 is 10.2 Å². The van der Waals surface area contributed by atoms with Gasteiger partial charge in [0.25, 0.3) is 11.8 Å². The van der Waals surface area contributed by atoms with Crippen molar-refractivity contribution >= 4 is 52.0 Å². The Morgan fingerprint density at radius 2 is 1.81 bits per heavy atom. The van der Waals surface area contributed by atoms with Crippen molar-refractivity contribution in [2.75, 3.05) is 32.0 Å². The standard InChI is InChI=1S/C18H21Cl2N3O2S/c1-3-23(10-15-8-9-16(20)26-15)18(25)12-22(2)11-17(24)21-14-6-4-13(19)5-7-14/h4-9H,3,10-12H2,1-2H3,(H,21,24)/p+1. The fourth-order valence-electron chi connectivity index (χ4n) is 2.45. The average Bonchev–Trinajstić information content (AvgIpc) is 2.99. The molecule has 1 atom stereocenters. The van der Waals surface area contributed by atoms with Gasteiger partial charge in [0, 0.05) is 22.1 Å². The van der Waals surface area contributed by atoms with Crippen molar-refractivity contribution in [3.05, 3.63) is 50.6 Å². The van der Waals surface area contributed by atoms with Gasteiger partial charge in [0.1, 0.15) is 0 Å². The predicted octanol–water partition coefficient (Wildman–Crippen LogP) is 2.56. The number of amides is 2. The molecule has 2 amide bonds. The van der Waals surface area contributed by atoms with E-state index in [2.05, 4.69) is 5.32 Å². The van der Waals surface area contributed by atoms with Crippen LogP contribution in [0, 0.1) is 0 Å². The van der Waals surface area contributed by atoms with Gasteiger partial charge in [-0.2, -0.15) is 0 Å². The summed E-state index contributed by atoms with van der Waals surface area (Å²) < 4.78 is 0.713. The Kier molecular flexibility index (Phi) is 7.90. The number of rotatable bonds is 8. The second-order valence-corrected chi connectivity index (χ2v) is 8.22. The second-order valence-electron chi connectivity index (χ2n) is 5.98. The zero-order chi connectivity index (χ0) is 19.1. The number of likely N-dealkylation sites (N-methyl/N-ethyl adjacent to an activating group) is 2. The number of quaternary nitrogens is 1. The van der Waals surface area contributed by atoms with Crippen LogP contribution >= 0.6 is 34.5 Å². The third-order valence-electron chi connectivity index (χ3n) is 3.75. The van der Waals surface area contributed by atoms with Crippen molar-refractivity contribution < 1.29 is 14.5 Å². The molecule has 0 bridgehead atoms. The van der Waals surface area contributed by atoms with Crippen LogP contribution in [-0.2, 0) is 16.1 Å². The summed E-state index contributed by atoms with van der Waals surface area (Å²) in [7, 11) is 1.83. The molecule has 2 rings (SSSR count). The summed E-state index contributed by atoms with van der Waals surface area (Å²) in [6.07, 6.45) is 0. The van der Waals surface area contributed by atoms with E-state index < -0.39 is 0 Å². The minimum absolute atomic E-state index is 0.00816. The van der Waals surface area contributed by atoms with Crippen LogP contribution in [0.2, 0.25) is 9.36 Å². The fraction of sp³-hybridized carbons (Fsp3) is 0.333. The van der Waals surface area contributed by atoms with E-state index in [4.69, 9.17) is 23.2 Å². The summed E-state index contributed by atoms with van der Waals surface area (Å²) in [6.45, 7) is 3.54. The molecule has 0 aliphatic rings. The Morgan fingerprint density at radius 3 is 2.38 bits per heavy atom. The molecule has 1 unspecified atom stereocenters. The number of halogens is 2. The van der Waals surface area contributed by atoms with Crippen LogP contribution in [0.3, 0.4) is 0 Å². The maximum absolute atomic E-state index is 12.5. The van der Waals surface area contributed by atoms with Gasteiger partial charge in [-0.15, -0.1) is 11.3 Å². The third kappa shape index (κ3) is 6.61. The summed E-state index contributed by atoms with van der Waals surface area (Å²) in [5, 5.41) is 3.42. The summed E-state index contributed by atoms with van der Waals surface area (Å²) >= 11 is 13.2. The molecule has 0 radical (unpaired) electrons. The molecule has 0 aliphatic carbocycles. The van der Waals surface area contributed by atoms with Crippen LogP contribution in [0.15, 0.2) is 36.4 Å². The highest BCUT2D eigenvalue weighted by molar-refractivity contribution is 7.16. The molecular formula is C18H22Cl2N3O2S+. The molecule has 5 nitrogen and oxygen atoms in total. The van der Waals surface area contributed by atoms with Gasteiger partial charge in [-0.1, -0.05) is 23.2 Å². The van der Waals surface area contributed by atoms with Crippen molar-refractivity contribution in [2.45, 2.75) is 13.5 Å². The number of thiophene rings is 1. The van der Waals surface area contributed by atoms with Gasteiger partial charge in [-0.3, -0.25) is 9.59 Å². The van der Waals surface area contributed by atoms with Crippen molar-refractivity contribution in [1.82, 2.24) is 4.90 Å². The van der Waals surface area contributed by atoms with Gasteiger partial charge in [-0.05, 0) is 43.3 Å². The van der Waals surface area contributed by atoms with Crippen LogP contribution in [0.5, 0.6) is 0 Å². The Hall–Kier alpha value is -1.60. The van der Waals surface area contributed by atoms with Crippen molar-refractivity contribution in [3.63, 3.8) is 0 Å². The lowest BCUT2D eigenvalue weighted by Crippen LogP contribution is -3.11. The average molecular weight is 415 g/mol. The van der Waals surface area contributed by atoms with Crippen molar-refractivity contribution in [2.24, 2.45) is 0 Å². The number of carbonyl (C=O) groups excluding carboxylic acids is 2. The minimum atomic E-state index is -0.147. The Morgan fingerprint density at radius 1 is 1.12 bits per heavy atom. The molecule has 0 aliphatic heterocycles. The van der Waals surface area contributed by atoms with E-state index in [0.29, 0.717) is 28.1 Å². The molecule has 0 saturated heterocycles. The fourth-order valence-corrected chi connectivity index (χ4v) is 3.68. The number of carbonyl (C=O) groups is 2. The van der Waals surface area contributed by atoms with E-state index in [-0.39, 0.29) is 24.9 Å². The van der Waals surface area contributed by atoms with Crippen molar-refractivity contribution in [3.8, 4) is 0 Å². The summed E-state index contributed by atoms with van der Waals surface area (Å²) in [6, 6.07) is 10.7. The first-order chi connectivity index (χ1) is 12.4. The van der Waals surface area contributed by atoms with Gasteiger partial charge in [-0.25, -0.2) is 0 Å². The predicted molar refractivity (Wildman–Crippen MR) is 107 cm³/mol. The monoisotopic (exact) mass is 414 g/mol. The number of benzene rings is 1. The zero-order valence-corrected chi connectivity index (χ0v) is 17.0. The molecular weight excluding hydrogens is 393 g/mol. The smallest absolute Gasteiger partial charge is 0.279 e. The Labute approximate surface area is 167 Å². The zero-order valence-electron chi connectivity index (χ0n) is 14.7. The molecule has 8 heteroatoms. The van der Waals surface area contributed by atoms with E-state index in [1.165, 1.54) is 11.3 Å². The minimum Gasteiger partial charge on any atom is -0.333 e. The molecule has 1 aromatic heterocycles. The summed E-state index contributed by atoms with van der Waals surface area (Å²) in [5.74, 6) is -0.139. The lowest BCUT2D eigenvalue weighted by Gasteiger charge is -2.22. The Balaban J connectivity index is 1.82. The molecule has 0 fully saturated rings. The number of hydrogen-bond donors (Lipinski definition) is 2. The number of hydrogen-bond acceptors (Lipinski definition) is 3. The van der Waals surface area contributed by atoms with Crippen LogP contribution in [-0.4, -0.2) is 43.4 Å². The molecule has 2 N–H and O–H groups in total. The summed E-state index contributed by atoms with van der Waals surface area (Å²) in [5.41, 5.74) is 0.684. The topological polar surface area (TPSA) is 53.9 Å². The maximum Gasteiger partial charge on any atom is 0.279 e. The van der Waals surface area contributed by atoms with Gasteiger partial charge in [0.2, 0.25) is 0 Å². The number of anilines is 1. The SMILES string of the molecule is CCN(Cc1ccc(Cl)s1)C(=O)C[NH+](C)CC(=O)Nc1ccc(Cl)cc1. The lowest BCUT2D eigenvalue weighted by atomic mass is 10.3. The Bertz CT molecular complexity index is 749. The quantitative estimate of drug-likeness (QED) is 0.697. The first-order valence-electron chi connectivity index (χ1n) is 8.26. The first-order valence-corrected chi connectivity index (χ1v) is 9.83. The third-order valence-corrected chi connectivity index (χ3v) is 5.22. The lowest BCUT2D eigenvalue weighted by molar-refractivity contribution is -0.862. The second kappa shape index (κ2) is 9.92. The van der Waals surface area contributed by atoms with Gasteiger partial charge < -0.3 is 15.1 Å². The summed E-state index contributed by atoms with van der Waals surface area (Å²) in [4.78, 5) is 28.3. The van der Waals surface area contributed by atoms with Crippen LogP contribution in [0.1, 0.15) is 11.8 Å². The van der Waals surface area contributed by atoms with Gasteiger partial charge >= 0.3 is 0 Å². The van der Waals surface area contributed by atoms with E-state index in [1.54, 1.807) is 29.2 Å².